The van der Waals surface area contributed by atoms with Gasteiger partial charge < -0.3 is 48.5 Å². The second kappa shape index (κ2) is 15.3. The van der Waals surface area contributed by atoms with Crippen molar-refractivity contribution < 1.29 is 34.5 Å². The van der Waals surface area contributed by atoms with Gasteiger partial charge in [-0.15, -0.1) is 0 Å². The largest absolute Gasteiger partial charge is 0.508 e. The summed E-state index contributed by atoms with van der Waals surface area (Å²) in [7, 11) is 0. The molecule has 12 N–H and O–H groups in total. The predicted octanol–water partition coefficient (Wildman–Crippen LogP) is -2.50. The van der Waals surface area contributed by atoms with E-state index in [-0.39, 0.29) is 31.1 Å². The fraction of sp³-hybridized carbons (Fsp3) is 0.522. The number of benzene rings is 1. The highest BCUT2D eigenvalue weighted by atomic mass is 16.4. The molecule has 0 fully saturated rings. The first-order valence-corrected chi connectivity index (χ1v) is 11.7. The Kier molecular flexibility index (Phi) is 12.8. The average Bonchev–Trinajstić information content (AvgIpc) is 2.83. The molecule has 1 rings (SSSR count). The van der Waals surface area contributed by atoms with Gasteiger partial charge in [-0.25, -0.2) is 4.79 Å². The molecule has 3 amide bonds. The first kappa shape index (κ1) is 31.1. The van der Waals surface area contributed by atoms with Gasteiger partial charge in [-0.1, -0.05) is 26.0 Å². The van der Waals surface area contributed by atoms with Crippen LogP contribution in [0, 0.1) is 5.92 Å². The number of aliphatic hydroxyl groups excluding tert-OH is 1. The molecule has 0 aliphatic heterocycles. The third-order valence-electron chi connectivity index (χ3n) is 5.36. The zero-order chi connectivity index (χ0) is 28.1. The van der Waals surface area contributed by atoms with Gasteiger partial charge in [0.1, 0.15) is 23.9 Å². The van der Waals surface area contributed by atoms with Crippen LogP contribution < -0.4 is 33.2 Å². The second-order valence-corrected chi connectivity index (χ2v) is 8.80. The van der Waals surface area contributed by atoms with Gasteiger partial charge in [-0.2, -0.15) is 0 Å². The van der Waals surface area contributed by atoms with Crippen molar-refractivity contribution in [2.75, 3.05) is 13.2 Å². The number of aromatic hydroxyl groups is 1. The Morgan fingerprint density at radius 1 is 0.946 bits per heavy atom. The maximum Gasteiger partial charge on any atom is 0.328 e. The van der Waals surface area contributed by atoms with Crippen molar-refractivity contribution in [3.63, 3.8) is 0 Å². The van der Waals surface area contributed by atoms with Gasteiger partial charge >= 0.3 is 5.97 Å². The van der Waals surface area contributed by atoms with E-state index in [1.807, 2.05) is 0 Å². The van der Waals surface area contributed by atoms with Crippen molar-refractivity contribution >= 4 is 29.7 Å². The first-order valence-electron chi connectivity index (χ1n) is 11.7. The number of nitrogens with zero attached hydrogens (tertiary/aromatic N) is 1. The van der Waals surface area contributed by atoms with Crippen LogP contribution in [-0.2, 0) is 25.6 Å². The van der Waals surface area contributed by atoms with E-state index < -0.39 is 60.4 Å². The van der Waals surface area contributed by atoms with Crippen LogP contribution in [0.3, 0.4) is 0 Å². The van der Waals surface area contributed by atoms with Gasteiger partial charge in [-0.3, -0.25) is 19.4 Å². The second-order valence-electron chi connectivity index (χ2n) is 8.80. The van der Waals surface area contributed by atoms with Crippen molar-refractivity contribution in [2.45, 2.75) is 57.3 Å². The molecule has 14 heteroatoms. The van der Waals surface area contributed by atoms with Gasteiger partial charge in [-0.05, 0) is 36.5 Å². The van der Waals surface area contributed by atoms with E-state index in [2.05, 4.69) is 20.9 Å². The van der Waals surface area contributed by atoms with Crippen LogP contribution in [0.2, 0.25) is 0 Å². The molecule has 4 unspecified atom stereocenters. The fourth-order valence-electron chi connectivity index (χ4n) is 3.24. The molecule has 0 aromatic heterocycles. The molecule has 0 radical (unpaired) electrons. The number of hydrogen-bond acceptors (Lipinski definition) is 8. The number of carboxylic acid groups (broad SMARTS) is 1. The highest BCUT2D eigenvalue weighted by Gasteiger charge is 2.31. The fourth-order valence-corrected chi connectivity index (χ4v) is 3.24. The number of carbonyl (C=O) groups excluding carboxylic acids is 3. The molecule has 1 aromatic rings. The molecule has 1 aromatic carbocycles. The normalized spacial score (nSPS) is 14.1. The molecule has 14 nitrogen and oxygen atoms in total. The Morgan fingerprint density at radius 2 is 1.54 bits per heavy atom. The number of nitrogens with one attached hydrogen (secondary N) is 3. The Labute approximate surface area is 214 Å². The topological polar surface area (TPSA) is 255 Å². The van der Waals surface area contributed by atoms with Crippen molar-refractivity contribution in [3.8, 4) is 5.75 Å². The molecule has 4 atom stereocenters. The van der Waals surface area contributed by atoms with Crippen LogP contribution in [0.4, 0.5) is 0 Å². The molecule has 0 aliphatic carbocycles. The number of guanidine groups is 1. The highest BCUT2D eigenvalue weighted by molar-refractivity contribution is 5.94. The van der Waals surface area contributed by atoms with Crippen LogP contribution in [0.5, 0.6) is 5.75 Å². The molecule has 0 saturated carbocycles. The smallest absolute Gasteiger partial charge is 0.328 e. The van der Waals surface area contributed by atoms with Crippen molar-refractivity contribution in [3.05, 3.63) is 29.8 Å². The van der Waals surface area contributed by atoms with Gasteiger partial charge in [0.05, 0.1) is 12.6 Å². The number of aliphatic carboxylic acids is 1. The Morgan fingerprint density at radius 3 is 2.05 bits per heavy atom. The van der Waals surface area contributed by atoms with Gasteiger partial charge in [0.15, 0.2) is 5.96 Å². The number of carboxylic acids is 1. The zero-order valence-electron chi connectivity index (χ0n) is 20.9. The lowest BCUT2D eigenvalue weighted by Crippen LogP contribution is -2.59. The maximum atomic E-state index is 13.2. The molecule has 0 heterocycles. The van der Waals surface area contributed by atoms with E-state index in [0.717, 1.165) is 0 Å². The monoisotopic (exact) mass is 523 g/mol. The maximum absolute atomic E-state index is 13.2. The lowest BCUT2D eigenvalue weighted by molar-refractivity contribution is -0.143. The summed E-state index contributed by atoms with van der Waals surface area (Å²) in [6.07, 6.45) is 0.677. The lowest BCUT2D eigenvalue weighted by atomic mass is 10.00. The third kappa shape index (κ3) is 11.1. The molecular weight excluding hydrogens is 486 g/mol. The Hall–Kier alpha value is -3.91. The molecule has 0 spiro atoms. The van der Waals surface area contributed by atoms with E-state index in [0.29, 0.717) is 12.0 Å². The van der Waals surface area contributed by atoms with E-state index >= 15 is 0 Å². The zero-order valence-corrected chi connectivity index (χ0v) is 20.9. The van der Waals surface area contributed by atoms with Gasteiger partial charge in [0.25, 0.3) is 0 Å². The number of hydrogen-bond donors (Lipinski definition) is 9. The van der Waals surface area contributed by atoms with Crippen LogP contribution in [0.25, 0.3) is 0 Å². The minimum atomic E-state index is -1.55. The summed E-state index contributed by atoms with van der Waals surface area (Å²) in [5, 5.41) is 35.1. The third-order valence-corrected chi connectivity index (χ3v) is 5.36. The first-order chi connectivity index (χ1) is 17.3. The lowest BCUT2D eigenvalue weighted by Gasteiger charge is -2.27. The van der Waals surface area contributed by atoms with E-state index in [4.69, 9.17) is 22.3 Å². The summed E-state index contributed by atoms with van der Waals surface area (Å²) in [5.41, 5.74) is 17.1. The Balaban J connectivity index is 3.03. The van der Waals surface area contributed by atoms with Crippen LogP contribution in [0.15, 0.2) is 29.3 Å². The summed E-state index contributed by atoms with van der Waals surface area (Å²) < 4.78 is 0. The molecular formula is C23H37N7O7. The quantitative estimate of drug-likeness (QED) is 0.0663. The number of carbonyl (C=O) groups is 4. The van der Waals surface area contributed by atoms with Crippen LogP contribution in [-0.4, -0.2) is 82.3 Å². The van der Waals surface area contributed by atoms with Crippen molar-refractivity contribution in [1.29, 1.82) is 0 Å². The minimum absolute atomic E-state index is 0.0133. The predicted molar refractivity (Wildman–Crippen MR) is 135 cm³/mol. The Bertz CT molecular complexity index is 949. The van der Waals surface area contributed by atoms with E-state index in [1.165, 1.54) is 12.1 Å². The summed E-state index contributed by atoms with van der Waals surface area (Å²) in [4.78, 5) is 53.6. The number of aliphatic imine (C=N–C) groups is 1. The number of amides is 3. The van der Waals surface area contributed by atoms with E-state index in [9.17, 15) is 29.4 Å². The minimum Gasteiger partial charge on any atom is -0.508 e. The van der Waals surface area contributed by atoms with E-state index in [1.54, 1.807) is 26.0 Å². The molecule has 0 bridgehead atoms. The van der Waals surface area contributed by atoms with Crippen molar-refractivity contribution in [1.82, 2.24) is 16.0 Å². The SMILES string of the molecule is CC(C)C(NC(=O)C(Cc1ccc(O)cc1)NC(=O)C(N)CCCN=C(N)N)C(=O)NC(CO)C(=O)O. The molecule has 206 valence electrons. The summed E-state index contributed by atoms with van der Waals surface area (Å²) >= 11 is 0. The molecule has 0 aliphatic rings. The summed E-state index contributed by atoms with van der Waals surface area (Å²) in [6, 6.07) is 1.17. The van der Waals surface area contributed by atoms with Crippen LogP contribution in [0.1, 0.15) is 32.3 Å². The van der Waals surface area contributed by atoms with Gasteiger partial charge in [0.2, 0.25) is 17.7 Å². The number of aliphatic hydroxyl groups is 1. The highest BCUT2D eigenvalue weighted by Crippen LogP contribution is 2.12. The standard InChI is InChI=1S/C23H37N7O7/c1-12(2)18(21(35)29-17(11-31)22(36)37)30-20(34)16(10-13-5-7-14(32)8-6-13)28-19(33)15(24)4-3-9-27-23(25)26/h5-8,12,15-18,31-32H,3-4,9-11,24H2,1-2H3,(H,28,33)(H,29,35)(H,30,34)(H,36,37)(H4,25,26,27). The molecule has 37 heavy (non-hydrogen) atoms. The number of phenolic OH excluding ortho intramolecular Hbond substituents is 1. The van der Waals surface area contributed by atoms with Crippen molar-refractivity contribution in [2.24, 2.45) is 28.1 Å². The molecule has 0 saturated heterocycles. The number of nitrogens with two attached hydrogens (primary N) is 3. The number of rotatable bonds is 15. The summed E-state index contributed by atoms with van der Waals surface area (Å²) in [6.45, 7) is 2.72. The summed E-state index contributed by atoms with van der Waals surface area (Å²) in [5.74, 6) is -4.09. The average molecular weight is 524 g/mol. The number of phenols is 1. The van der Waals surface area contributed by atoms with Crippen LogP contribution >= 0.6 is 0 Å². The van der Waals surface area contributed by atoms with Gasteiger partial charge in [0, 0.05) is 13.0 Å².